The average molecular weight is 379 g/mol. The Morgan fingerprint density at radius 2 is 1.86 bits per heavy atom. The molecule has 0 unspecified atom stereocenters. The van der Waals surface area contributed by atoms with E-state index in [2.05, 4.69) is 22.9 Å². The number of hydrogen-bond donors (Lipinski definition) is 0. The van der Waals surface area contributed by atoms with Crippen LogP contribution in [-0.2, 0) is 0 Å². The van der Waals surface area contributed by atoms with Crippen molar-refractivity contribution in [3.05, 3.63) is 47.7 Å². The molecule has 28 heavy (non-hydrogen) atoms. The van der Waals surface area contributed by atoms with Gasteiger partial charge in [-0.05, 0) is 37.6 Å². The minimum atomic E-state index is -0.0259. The van der Waals surface area contributed by atoms with Gasteiger partial charge in [0.15, 0.2) is 0 Å². The lowest BCUT2D eigenvalue weighted by Crippen LogP contribution is -2.25. The number of carbonyl (C=O) groups excluding carboxylic acids is 1. The number of pyridine rings is 1. The first-order valence-electron chi connectivity index (χ1n) is 10.2. The summed E-state index contributed by atoms with van der Waals surface area (Å²) in [7, 11) is 1.83. The number of aromatic nitrogens is 1. The van der Waals surface area contributed by atoms with E-state index in [9.17, 15) is 4.79 Å². The Bertz CT molecular complexity index is 846. The normalized spacial score (nSPS) is 13.6. The molecule has 5 nitrogen and oxygen atoms in total. The van der Waals surface area contributed by atoms with Gasteiger partial charge in [0.25, 0.3) is 5.91 Å². The summed E-state index contributed by atoms with van der Waals surface area (Å²) in [6, 6.07) is 11.8. The van der Waals surface area contributed by atoms with Gasteiger partial charge in [-0.3, -0.25) is 9.79 Å². The molecule has 1 amide bonds. The molecule has 1 aromatic carbocycles. The molecular weight excluding hydrogens is 348 g/mol. The number of anilines is 3. The standard InChI is InChI=1S/C23H30N4O/c1-4-5-6-9-15-24-16-10-17-27-21-12-8-7-11-20(21)26(3)23(28)19-14-13-18(2)25-22(19)27/h7-8,11-14,16H,4-6,9-10,15,17H2,1-3H3. The van der Waals surface area contributed by atoms with E-state index < -0.39 is 0 Å². The highest BCUT2D eigenvalue weighted by molar-refractivity contribution is 6.13. The Morgan fingerprint density at radius 3 is 2.64 bits per heavy atom. The van der Waals surface area contributed by atoms with Crippen LogP contribution in [-0.4, -0.2) is 37.2 Å². The van der Waals surface area contributed by atoms with Gasteiger partial charge in [0.05, 0.1) is 16.9 Å². The molecule has 0 aliphatic carbocycles. The van der Waals surface area contributed by atoms with Gasteiger partial charge in [-0.15, -0.1) is 0 Å². The Labute approximate surface area is 168 Å². The third kappa shape index (κ3) is 4.41. The molecule has 0 atom stereocenters. The van der Waals surface area contributed by atoms with Crippen LogP contribution in [0, 0.1) is 6.92 Å². The zero-order valence-corrected chi connectivity index (χ0v) is 17.2. The van der Waals surface area contributed by atoms with Crippen LogP contribution in [0.5, 0.6) is 0 Å². The lowest BCUT2D eigenvalue weighted by Gasteiger charge is -2.25. The quantitative estimate of drug-likeness (QED) is 0.471. The zero-order valence-electron chi connectivity index (χ0n) is 17.2. The fraction of sp³-hybridized carbons (Fsp3) is 0.435. The molecule has 0 saturated carbocycles. The van der Waals surface area contributed by atoms with Gasteiger partial charge in [0.2, 0.25) is 0 Å². The maximum atomic E-state index is 13.0. The molecule has 1 aliphatic heterocycles. The predicted octanol–water partition coefficient (Wildman–Crippen LogP) is 5.16. The van der Waals surface area contributed by atoms with Crippen molar-refractivity contribution in [1.82, 2.24) is 4.98 Å². The van der Waals surface area contributed by atoms with Gasteiger partial charge in [0.1, 0.15) is 5.82 Å². The molecule has 0 spiro atoms. The lowest BCUT2D eigenvalue weighted by atomic mass is 10.2. The van der Waals surface area contributed by atoms with Crippen molar-refractivity contribution >= 4 is 29.3 Å². The van der Waals surface area contributed by atoms with Crippen molar-refractivity contribution in [2.45, 2.75) is 46.0 Å². The fourth-order valence-corrected chi connectivity index (χ4v) is 3.52. The molecule has 0 N–H and O–H groups in total. The third-order valence-electron chi connectivity index (χ3n) is 5.09. The highest BCUT2D eigenvalue weighted by Gasteiger charge is 2.29. The number of hydrogen-bond acceptors (Lipinski definition) is 4. The first-order valence-corrected chi connectivity index (χ1v) is 10.2. The summed E-state index contributed by atoms with van der Waals surface area (Å²) in [5, 5.41) is 0. The second kappa shape index (κ2) is 9.49. The summed E-state index contributed by atoms with van der Waals surface area (Å²) >= 11 is 0. The Morgan fingerprint density at radius 1 is 1.07 bits per heavy atom. The molecular formula is C23H30N4O. The van der Waals surface area contributed by atoms with Crippen LogP contribution in [0.3, 0.4) is 0 Å². The molecule has 0 fully saturated rings. The molecule has 3 rings (SSSR count). The van der Waals surface area contributed by atoms with Crippen molar-refractivity contribution in [1.29, 1.82) is 0 Å². The molecule has 1 aromatic heterocycles. The molecule has 0 saturated heterocycles. The smallest absolute Gasteiger partial charge is 0.261 e. The van der Waals surface area contributed by atoms with Gasteiger partial charge in [-0.25, -0.2) is 4.98 Å². The van der Waals surface area contributed by atoms with Gasteiger partial charge >= 0.3 is 0 Å². The average Bonchev–Trinajstić information content (AvgIpc) is 2.79. The highest BCUT2D eigenvalue weighted by Crippen LogP contribution is 2.39. The Hall–Kier alpha value is -2.69. The van der Waals surface area contributed by atoms with Gasteiger partial charge in [-0.2, -0.15) is 0 Å². The second-order valence-corrected chi connectivity index (χ2v) is 7.27. The van der Waals surface area contributed by atoms with Crippen molar-refractivity contribution in [2.24, 2.45) is 4.99 Å². The summed E-state index contributed by atoms with van der Waals surface area (Å²) in [6.07, 6.45) is 7.76. The van der Waals surface area contributed by atoms with Crippen LogP contribution in [0.2, 0.25) is 0 Å². The summed E-state index contributed by atoms with van der Waals surface area (Å²) in [6.45, 7) is 5.81. The SMILES string of the molecule is CCCCCCN=CCCN1c2ccccc2N(C)C(=O)c2ccc(C)nc21. The molecule has 2 heterocycles. The zero-order chi connectivity index (χ0) is 19.9. The number of carbonyl (C=O) groups is 1. The number of aryl methyl sites for hydroxylation is 1. The molecule has 148 valence electrons. The fourth-order valence-electron chi connectivity index (χ4n) is 3.52. The van der Waals surface area contributed by atoms with Crippen LogP contribution >= 0.6 is 0 Å². The van der Waals surface area contributed by atoms with Crippen molar-refractivity contribution in [3.8, 4) is 0 Å². The summed E-state index contributed by atoms with van der Waals surface area (Å²) in [5.41, 5.74) is 3.45. The van der Waals surface area contributed by atoms with Crippen LogP contribution < -0.4 is 9.80 Å². The molecule has 0 bridgehead atoms. The topological polar surface area (TPSA) is 48.8 Å². The van der Waals surface area contributed by atoms with E-state index in [1.54, 1.807) is 4.90 Å². The number of para-hydroxylation sites is 2. The highest BCUT2D eigenvalue weighted by atomic mass is 16.2. The largest absolute Gasteiger partial charge is 0.324 e. The number of nitrogens with zero attached hydrogens (tertiary/aromatic N) is 4. The summed E-state index contributed by atoms with van der Waals surface area (Å²) in [5.74, 6) is 0.709. The predicted molar refractivity (Wildman–Crippen MR) is 117 cm³/mol. The van der Waals surface area contributed by atoms with E-state index in [0.29, 0.717) is 5.56 Å². The first kappa shape index (κ1) is 20.1. The van der Waals surface area contributed by atoms with E-state index >= 15 is 0 Å². The van der Waals surface area contributed by atoms with E-state index in [-0.39, 0.29) is 5.91 Å². The second-order valence-electron chi connectivity index (χ2n) is 7.27. The Kier molecular flexibility index (Phi) is 6.80. The molecule has 5 heteroatoms. The minimum Gasteiger partial charge on any atom is -0.324 e. The van der Waals surface area contributed by atoms with Crippen LogP contribution in [0.4, 0.5) is 17.2 Å². The lowest BCUT2D eigenvalue weighted by molar-refractivity contribution is 0.0994. The van der Waals surface area contributed by atoms with E-state index in [1.165, 1.54) is 19.3 Å². The van der Waals surface area contributed by atoms with Crippen molar-refractivity contribution in [2.75, 3.05) is 29.9 Å². The first-order chi connectivity index (χ1) is 13.6. The summed E-state index contributed by atoms with van der Waals surface area (Å²) < 4.78 is 0. The monoisotopic (exact) mass is 378 g/mol. The van der Waals surface area contributed by atoms with E-state index in [4.69, 9.17) is 4.98 Å². The Balaban J connectivity index is 1.82. The van der Waals surface area contributed by atoms with Crippen LogP contribution in [0.25, 0.3) is 0 Å². The molecule has 2 aromatic rings. The number of aliphatic imine (C=N–C) groups is 1. The summed E-state index contributed by atoms with van der Waals surface area (Å²) in [4.78, 5) is 26.1. The van der Waals surface area contributed by atoms with Gasteiger partial charge in [0, 0.05) is 38.5 Å². The van der Waals surface area contributed by atoms with Crippen molar-refractivity contribution < 1.29 is 4.79 Å². The maximum absolute atomic E-state index is 13.0. The van der Waals surface area contributed by atoms with Crippen molar-refractivity contribution in [3.63, 3.8) is 0 Å². The number of rotatable bonds is 8. The minimum absolute atomic E-state index is 0.0259. The van der Waals surface area contributed by atoms with E-state index in [0.717, 1.165) is 48.8 Å². The van der Waals surface area contributed by atoms with Crippen LogP contribution in [0.1, 0.15) is 55.1 Å². The number of amides is 1. The maximum Gasteiger partial charge on any atom is 0.261 e. The number of fused-ring (bicyclic) bond motifs is 2. The molecule has 1 aliphatic rings. The number of benzene rings is 1. The molecule has 0 radical (unpaired) electrons. The van der Waals surface area contributed by atoms with E-state index in [1.807, 2.05) is 50.5 Å². The number of unbranched alkanes of at least 4 members (excludes halogenated alkanes) is 3. The van der Waals surface area contributed by atoms with Gasteiger partial charge < -0.3 is 9.80 Å². The van der Waals surface area contributed by atoms with Crippen LogP contribution in [0.15, 0.2) is 41.4 Å². The van der Waals surface area contributed by atoms with Gasteiger partial charge in [-0.1, -0.05) is 38.3 Å². The third-order valence-corrected chi connectivity index (χ3v) is 5.09.